The smallest absolute Gasteiger partial charge is 0.283 e. The fourth-order valence-corrected chi connectivity index (χ4v) is 4.56. The third-order valence-electron chi connectivity index (χ3n) is 4.03. The Labute approximate surface area is 153 Å². The van der Waals surface area contributed by atoms with Crippen LogP contribution in [0.3, 0.4) is 0 Å². The molecule has 142 valence electrons. The first-order chi connectivity index (χ1) is 12.1. The Morgan fingerprint density at radius 2 is 1.96 bits per heavy atom. The molecule has 26 heavy (non-hydrogen) atoms. The predicted octanol–water partition coefficient (Wildman–Crippen LogP) is 1.43. The standard InChI is InChI=1S/C17H23N3O5S/c1-5-6-7-18-13(22)9-20-15(12(4)21)16(23)14-10(2)8-11(3)19-17(14)26(20,24)25/h8,23H,5-7,9H2,1-4H3,(H,18,22). The van der Waals surface area contributed by atoms with Gasteiger partial charge >= 0.3 is 0 Å². The maximum absolute atomic E-state index is 13.0. The van der Waals surface area contributed by atoms with Crippen molar-refractivity contribution in [3.63, 3.8) is 0 Å². The van der Waals surface area contributed by atoms with Gasteiger partial charge in [-0.25, -0.2) is 9.29 Å². The molecule has 1 aliphatic rings. The minimum absolute atomic E-state index is 0.00319. The second-order valence-electron chi connectivity index (χ2n) is 6.23. The van der Waals surface area contributed by atoms with Gasteiger partial charge in [-0.05, 0) is 31.9 Å². The highest BCUT2D eigenvalue weighted by Gasteiger charge is 2.41. The van der Waals surface area contributed by atoms with Crippen molar-refractivity contribution in [2.24, 2.45) is 0 Å². The number of amides is 1. The third kappa shape index (κ3) is 3.57. The van der Waals surface area contributed by atoms with Gasteiger partial charge < -0.3 is 10.4 Å². The van der Waals surface area contributed by atoms with Crippen molar-refractivity contribution in [3.05, 3.63) is 28.6 Å². The maximum atomic E-state index is 13.0. The Kier molecular flexibility index (Phi) is 5.70. The number of ketones is 1. The van der Waals surface area contributed by atoms with Gasteiger partial charge in [0, 0.05) is 19.2 Å². The maximum Gasteiger partial charge on any atom is 0.283 e. The van der Waals surface area contributed by atoms with Crippen molar-refractivity contribution in [2.45, 2.75) is 45.6 Å². The van der Waals surface area contributed by atoms with Gasteiger partial charge in [-0.15, -0.1) is 0 Å². The molecule has 1 aromatic rings. The monoisotopic (exact) mass is 381 g/mol. The van der Waals surface area contributed by atoms with Gasteiger partial charge in [-0.1, -0.05) is 13.3 Å². The van der Waals surface area contributed by atoms with Gasteiger partial charge in [-0.2, -0.15) is 8.42 Å². The zero-order valence-corrected chi connectivity index (χ0v) is 16.1. The lowest BCUT2D eigenvalue weighted by atomic mass is 10.1. The average Bonchev–Trinajstić information content (AvgIpc) is 2.52. The zero-order chi connectivity index (χ0) is 19.6. The first kappa shape index (κ1) is 19.9. The number of allylic oxidation sites excluding steroid dienone is 1. The summed E-state index contributed by atoms with van der Waals surface area (Å²) in [6.45, 7) is 6.17. The number of unbranched alkanes of at least 4 members (excludes halogenated alkanes) is 1. The topological polar surface area (TPSA) is 117 Å². The van der Waals surface area contributed by atoms with E-state index in [2.05, 4.69) is 10.3 Å². The van der Waals surface area contributed by atoms with E-state index in [1.165, 1.54) is 0 Å². The Balaban J connectivity index is 2.56. The molecule has 0 aromatic carbocycles. The highest BCUT2D eigenvalue weighted by atomic mass is 32.2. The number of nitrogens with one attached hydrogen (secondary N) is 1. The van der Waals surface area contributed by atoms with Gasteiger partial charge in [0.1, 0.15) is 12.2 Å². The summed E-state index contributed by atoms with van der Waals surface area (Å²) in [6.07, 6.45) is 1.62. The minimum atomic E-state index is -4.26. The number of Topliss-reactive ketones (excluding diaryl/α,β-unsaturated/α-hetero) is 1. The first-order valence-electron chi connectivity index (χ1n) is 8.33. The van der Waals surface area contributed by atoms with Crippen LogP contribution < -0.4 is 5.32 Å². The number of fused-ring (bicyclic) bond motifs is 1. The minimum Gasteiger partial charge on any atom is -0.505 e. The summed E-state index contributed by atoms with van der Waals surface area (Å²) < 4.78 is 26.7. The Bertz CT molecular complexity index is 890. The van der Waals surface area contributed by atoms with E-state index in [9.17, 15) is 23.1 Å². The van der Waals surface area contributed by atoms with Crippen LogP contribution in [0.5, 0.6) is 0 Å². The van der Waals surface area contributed by atoms with Crippen LogP contribution >= 0.6 is 0 Å². The summed E-state index contributed by atoms with van der Waals surface area (Å²) in [5.41, 5.74) is 0.524. The molecular weight excluding hydrogens is 358 g/mol. The number of aliphatic hydroxyl groups excluding tert-OH is 1. The molecule has 0 unspecified atom stereocenters. The van der Waals surface area contributed by atoms with Gasteiger partial charge in [0.15, 0.2) is 16.6 Å². The molecular formula is C17H23N3O5S. The van der Waals surface area contributed by atoms with Gasteiger partial charge in [0.2, 0.25) is 5.91 Å². The van der Waals surface area contributed by atoms with Crippen molar-refractivity contribution in [3.8, 4) is 0 Å². The molecule has 2 heterocycles. The summed E-state index contributed by atoms with van der Waals surface area (Å²) in [5.74, 6) is -1.69. The molecule has 0 radical (unpaired) electrons. The van der Waals surface area contributed by atoms with E-state index >= 15 is 0 Å². The van der Waals surface area contributed by atoms with E-state index < -0.39 is 39.7 Å². The molecule has 1 aliphatic heterocycles. The zero-order valence-electron chi connectivity index (χ0n) is 15.3. The number of sulfonamides is 1. The highest BCUT2D eigenvalue weighted by molar-refractivity contribution is 7.89. The number of carbonyl (C=O) groups excluding carboxylic acids is 2. The number of nitrogens with zero attached hydrogens (tertiary/aromatic N) is 2. The molecule has 0 fully saturated rings. The van der Waals surface area contributed by atoms with Crippen molar-refractivity contribution in [1.29, 1.82) is 0 Å². The summed E-state index contributed by atoms with van der Waals surface area (Å²) in [6, 6.07) is 1.62. The molecule has 0 atom stereocenters. The van der Waals surface area contributed by atoms with E-state index in [1.54, 1.807) is 19.9 Å². The van der Waals surface area contributed by atoms with Crippen molar-refractivity contribution >= 4 is 27.5 Å². The number of hydrogen-bond acceptors (Lipinski definition) is 6. The van der Waals surface area contributed by atoms with Crippen LogP contribution in [0, 0.1) is 13.8 Å². The predicted molar refractivity (Wildman–Crippen MR) is 95.8 cm³/mol. The number of carbonyl (C=O) groups is 2. The molecule has 8 nitrogen and oxygen atoms in total. The van der Waals surface area contributed by atoms with Gasteiger partial charge in [-0.3, -0.25) is 9.59 Å². The van der Waals surface area contributed by atoms with Crippen LogP contribution in [0.25, 0.3) is 5.76 Å². The van der Waals surface area contributed by atoms with Crippen LogP contribution in [0.15, 0.2) is 16.8 Å². The molecule has 1 amide bonds. The summed E-state index contributed by atoms with van der Waals surface area (Å²) in [7, 11) is -4.26. The van der Waals surface area contributed by atoms with Crippen LogP contribution in [0.2, 0.25) is 0 Å². The van der Waals surface area contributed by atoms with Gasteiger partial charge in [0.25, 0.3) is 10.0 Å². The van der Waals surface area contributed by atoms with E-state index in [4.69, 9.17) is 0 Å². The van der Waals surface area contributed by atoms with Crippen LogP contribution in [-0.2, 0) is 19.6 Å². The number of aryl methyl sites for hydroxylation is 2. The Morgan fingerprint density at radius 1 is 1.31 bits per heavy atom. The summed E-state index contributed by atoms with van der Waals surface area (Å²) in [5, 5.41) is 12.8. The first-order valence-corrected chi connectivity index (χ1v) is 9.77. The number of aromatic nitrogens is 1. The molecule has 0 aliphatic carbocycles. The molecule has 2 rings (SSSR count). The lowest BCUT2D eigenvalue weighted by molar-refractivity contribution is -0.121. The summed E-state index contributed by atoms with van der Waals surface area (Å²) >= 11 is 0. The normalized spacial score (nSPS) is 15.6. The summed E-state index contributed by atoms with van der Waals surface area (Å²) in [4.78, 5) is 28.2. The molecule has 0 saturated carbocycles. The Hall–Kier alpha value is -2.42. The molecule has 0 saturated heterocycles. The lowest BCUT2D eigenvalue weighted by Gasteiger charge is -2.30. The second-order valence-corrected chi connectivity index (χ2v) is 8.01. The van der Waals surface area contributed by atoms with Crippen LogP contribution in [0.4, 0.5) is 0 Å². The fraction of sp³-hybridized carbons (Fsp3) is 0.471. The number of aliphatic hydroxyl groups is 1. The largest absolute Gasteiger partial charge is 0.505 e. The van der Waals surface area contributed by atoms with Crippen molar-refractivity contribution < 1.29 is 23.1 Å². The van der Waals surface area contributed by atoms with Crippen molar-refractivity contribution in [1.82, 2.24) is 14.6 Å². The molecule has 9 heteroatoms. The number of rotatable bonds is 6. The quantitative estimate of drug-likeness (QED) is 0.720. The van der Waals surface area contributed by atoms with E-state index in [1.807, 2.05) is 6.92 Å². The Morgan fingerprint density at radius 3 is 2.54 bits per heavy atom. The van der Waals surface area contributed by atoms with E-state index in [0.29, 0.717) is 22.1 Å². The molecule has 0 bridgehead atoms. The third-order valence-corrected chi connectivity index (χ3v) is 5.71. The van der Waals surface area contributed by atoms with Crippen LogP contribution in [0.1, 0.15) is 43.5 Å². The molecule has 2 N–H and O–H groups in total. The highest BCUT2D eigenvalue weighted by Crippen LogP contribution is 2.36. The fourth-order valence-electron chi connectivity index (χ4n) is 2.84. The van der Waals surface area contributed by atoms with E-state index in [-0.39, 0.29) is 10.6 Å². The lowest BCUT2D eigenvalue weighted by Crippen LogP contribution is -2.44. The second kappa shape index (κ2) is 7.45. The molecule has 1 aromatic heterocycles. The van der Waals surface area contributed by atoms with Gasteiger partial charge in [0.05, 0.1) is 5.56 Å². The SMILES string of the molecule is CCCCNC(=O)CN1C(C(C)=O)=C(O)c2c(C)cc(C)nc2S1(=O)=O. The number of hydrogen-bond donors (Lipinski definition) is 2. The van der Waals surface area contributed by atoms with E-state index in [0.717, 1.165) is 19.8 Å². The molecule has 0 spiro atoms. The number of pyridine rings is 1. The van der Waals surface area contributed by atoms with Crippen molar-refractivity contribution in [2.75, 3.05) is 13.1 Å². The van der Waals surface area contributed by atoms with Crippen LogP contribution in [-0.4, -0.2) is 47.6 Å². The average molecular weight is 381 g/mol.